The average molecular weight is 201 g/mol. The Morgan fingerprint density at radius 1 is 1.14 bits per heavy atom. The summed E-state index contributed by atoms with van der Waals surface area (Å²) >= 11 is 0. The molecule has 0 atom stereocenters. The van der Waals surface area contributed by atoms with Gasteiger partial charge in [0.05, 0.1) is 6.61 Å². The van der Waals surface area contributed by atoms with Gasteiger partial charge in [-0.2, -0.15) is 0 Å². The Hall–Kier alpha value is -0.120. The maximum absolute atomic E-state index is 8.56. The molecule has 14 heavy (non-hydrogen) atoms. The van der Waals surface area contributed by atoms with E-state index in [1.165, 1.54) is 12.8 Å². The Morgan fingerprint density at radius 2 is 2.00 bits per heavy atom. The summed E-state index contributed by atoms with van der Waals surface area (Å²) in [7, 11) is 0. The van der Waals surface area contributed by atoms with Gasteiger partial charge < -0.3 is 15.2 Å². The largest absolute Gasteiger partial charge is 0.396 e. The normalized spacial score (nSPS) is 16.1. The van der Waals surface area contributed by atoms with Crippen molar-refractivity contribution in [1.29, 1.82) is 0 Å². The van der Waals surface area contributed by atoms with Crippen molar-refractivity contribution in [2.75, 3.05) is 32.9 Å². The monoisotopic (exact) mass is 201 g/mol. The average Bonchev–Trinajstić information content (AvgIpc) is 2.99. The van der Waals surface area contributed by atoms with Crippen LogP contribution >= 0.6 is 0 Å². The summed E-state index contributed by atoms with van der Waals surface area (Å²) in [6, 6.07) is 0. The molecule has 1 aliphatic carbocycles. The molecule has 0 aliphatic heterocycles. The van der Waals surface area contributed by atoms with Gasteiger partial charge in [0.15, 0.2) is 0 Å². The minimum atomic E-state index is 0.324. The van der Waals surface area contributed by atoms with E-state index in [4.69, 9.17) is 9.84 Å². The molecule has 84 valence electrons. The second-order valence-electron chi connectivity index (χ2n) is 4.05. The lowest BCUT2D eigenvalue weighted by molar-refractivity contribution is 0.126. The fourth-order valence-corrected chi connectivity index (χ4v) is 1.34. The third-order valence-corrected chi connectivity index (χ3v) is 2.49. The topological polar surface area (TPSA) is 41.5 Å². The number of nitrogens with one attached hydrogen (secondary N) is 1. The second-order valence-corrected chi connectivity index (χ2v) is 4.05. The molecule has 1 saturated carbocycles. The minimum absolute atomic E-state index is 0.324. The first-order chi connectivity index (χ1) is 6.93. The van der Waals surface area contributed by atoms with Crippen LogP contribution in [0.3, 0.4) is 0 Å². The molecular formula is C11H23NO2. The van der Waals surface area contributed by atoms with Gasteiger partial charge in [-0.3, -0.25) is 0 Å². The summed E-state index contributed by atoms with van der Waals surface area (Å²) in [5.41, 5.74) is 0. The van der Waals surface area contributed by atoms with E-state index in [1.54, 1.807) is 0 Å². The maximum Gasteiger partial charge on any atom is 0.0591 e. The number of hydrogen-bond donors (Lipinski definition) is 2. The lowest BCUT2D eigenvalue weighted by atomic mass is 10.2. The Morgan fingerprint density at radius 3 is 2.71 bits per heavy atom. The molecule has 1 aliphatic rings. The Labute approximate surface area is 86.8 Å². The molecule has 0 unspecified atom stereocenters. The summed E-state index contributed by atoms with van der Waals surface area (Å²) in [6.07, 6.45) is 5.94. The number of unbranched alkanes of at least 4 members (excludes halogenated alkanes) is 2. The van der Waals surface area contributed by atoms with Crippen LogP contribution in [0.4, 0.5) is 0 Å². The van der Waals surface area contributed by atoms with E-state index in [2.05, 4.69) is 5.32 Å². The zero-order valence-electron chi connectivity index (χ0n) is 9.00. The molecular weight excluding hydrogens is 178 g/mol. The van der Waals surface area contributed by atoms with Crippen molar-refractivity contribution in [3.05, 3.63) is 0 Å². The van der Waals surface area contributed by atoms with Crippen molar-refractivity contribution < 1.29 is 9.84 Å². The lowest BCUT2D eigenvalue weighted by Gasteiger charge is -2.05. The van der Waals surface area contributed by atoms with E-state index in [0.29, 0.717) is 6.61 Å². The molecule has 0 amide bonds. The van der Waals surface area contributed by atoms with Gasteiger partial charge in [-0.25, -0.2) is 0 Å². The molecule has 0 saturated heterocycles. The molecule has 3 heteroatoms. The zero-order valence-corrected chi connectivity index (χ0v) is 9.00. The molecule has 0 aromatic heterocycles. The summed E-state index contributed by atoms with van der Waals surface area (Å²) in [6.45, 7) is 4.14. The van der Waals surface area contributed by atoms with Crippen LogP contribution in [0.15, 0.2) is 0 Å². The summed E-state index contributed by atoms with van der Waals surface area (Å²) in [4.78, 5) is 0. The molecule has 0 aromatic carbocycles. The van der Waals surface area contributed by atoms with Gasteiger partial charge in [-0.15, -0.1) is 0 Å². The predicted molar refractivity (Wildman–Crippen MR) is 57.3 cm³/mol. The number of aliphatic hydroxyl groups excluding tert-OH is 1. The third-order valence-electron chi connectivity index (χ3n) is 2.49. The van der Waals surface area contributed by atoms with Crippen LogP contribution in [0.25, 0.3) is 0 Å². The van der Waals surface area contributed by atoms with E-state index in [-0.39, 0.29) is 0 Å². The lowest BCUT2D eigenvalue weighted by Crippen LogP contribution is -2.21. The summed E-state index contributed by atoms with van der Waals surface area (Å²) in [5, 5.41) is 11.9. The summed E-state index contributed by atoms with van der Waals surface area (Å²) < 4.78 is 5.48. The van der Waals surface area contributed by atoms with E-state index in [1.807, 2.05) is 0 Å². The van der Waals surface area contributed by atoms with Gasteiger partial charge in [-0.1, -0.05) is 0 Å². The Bertz CT molecular complexity index is 126. The SMILES string of the molecule is OCCCCCNCCOCC1CC1. The highest BCUT2D eigenvalue weighted by atomic mass is 16.5. The number of hydrogen-bond acceptors (Lipinski definition) is 3. The van der Waals surface area contributed by atoms with Crippen molar-refractivity contribution in [3.63, 3.8) is 0 Å². The minimum Gasteiger partial charge on any atom is -0.396 e. The van der Waals surface area contributed by atoms with Crippen LogP contribution in [0, 0.1) is 5.92 Å². The van der Waals surface area contributed by atoms with Gasteiger partial charge in [0.1, 0.15) is 0 Å². The van der Waals surface area contributed by atoms with Crippen molar-refractivity contribution in [2.24, 2.45) is 5.92 Å². The Kier molecular flexibility index (Phi) is 7.01. The maximum atomic E-state index is 8.56. The number of ether oxygens (including phenoxy) is 1. The van der Waals surface area contributed by atoms with E-state index < -0.39 is 0 Å². The molecule has 2 N–H and O–H groups in total. The highest BCUT2D eigenvalue weighted by Crippen LogP contribution is 2.28. The van der Waals surface area contributed by atoms with Crippen LogP contribution in [0.1, 0.15) is 32.1 Å². The molecule has 1 fully saturated rings. The van der Waals surface area contributed by atoms with Crippen molar-refractivity contribution in [2.45, 2.75) is 32.1 Å². The first kappa shape index (κ1) is 12.0. The van der Waals surface area contributed by atoms with Gasteiger partial charge >= 0.3 is 0 Å². The standard InChI is InChI=1S/C11H23NO2/c13-8-3-1-2-6-12-7-9-14-10-11-4-5-11/h11-13H,1-10H2. The smallest absolute Gasteiger partial charge is 0.0591 e. The Balaban J connectivity index is 1.63. The molecule has 1 rings (SSSR count). The number of aliphatic hydroxyl groups is 1. The molecule has 0 heterocycles. The zero-order chi connectivity index (χ0) is 10.1. The molecule has 0 radical (unpaired) electrons. The van der Waals surface area contributed by atoms with Crippen LogP contribution < -0.4 is 5.32 Å². The molecule has 0 spiro atoms. The third kappa shape index (κ3) is 7.30. The van der Waals surface area contributed by atoms with Gasteiger partial charge in [0, 0.05) is 19.8 Å². The van der Waals surface area contributed by atoms with E-state index in [9.17, 15) is 0 Å². The van der Waals surface area contributed by atoms with Crippen LogP contribution in [-0.4, -0.2) is 38.0 Å². The van der Waals surface area contributed by atoms with Crippen LogP contribution in [0.5, 0.6) is 0 Å². The number of rotatable bonds is 10. The molecule has 0 bridgehead atoms. The van der Waals surface area contributed by atoms with E-state index in [0.717, 1.165) is 51.5 Å². The van der Waals surface area contributed by atoms with Crippen molar-refractivity contribution in [1.82, 2.24) is 5.32 Å². The second kappa shape index (κ2) is 8.21. The van der Waals surface area contributed by atoms with Gasteiger partial charge in [0.2, 0.25) is 0 Å². The first-order valence-electron chi connectivity index (χ1n) is 5.83. The fourth-order valence-electron chi connectivity index (χ4n) is 1.34. The highest BCUT2D eigenvalue weighted by molar-refractivity contribution is 4.71. The van der Waals surface area contributed by atoms with Crippen molar-refractivity contribution in [3.8, 4) is 0 Å². The quantitative estimate of drug-likeness (QED) is 0.521. The highest BCUT2D eigenvalue weighted by Gasteiger charge is 2.20. The van der Waals surface area contributed by atoms with Crippen LogP contribution in [-0.2, 0) is 4.74 Å². The first-order valence-corrected chi connectivity index (χ1v) is 5.83. The molecule has 0 aromatic rings. The molecule has 3 nitrogen and oxygen atoms in total. The fraction of sp³-hybridized carbons (Fsp3) is 1.00. The van der Waals surface area contributed by atoms with Crippen molar-refractivity contribution >= 4 is 0 Å². The predicted octanol–water partition coefficient (Wildman–Crippen LogP) is 1.17. The summed E-state index contributed by atoms with van der Waals surface area (Å²) in [5.74, 6) is 0.875. The van der Waals surface area contributed by atoms with E-state index >= 15 is 0 Å². The van der Waals surface area contributed by atoms with Gasteiger partial charge in [-0.05, 0) is 44.6 Å². The van der Waals surface area contributed by atoms with Crippen LogP contribution in [0.2, 0.25) is 0 Å². The van der Waals surface area contributed by atoms with Gasteiger partial charge in [0.25, 0.3) is 0 Å².